The average Bonchev–Trinajstić information content (AvgIpc) is 3.69. The molecule has 0 bridgehead atoms. The highest BCUT2D eigenvalue weighted by Crippen LogP contribution is 2.34. The number of amidine groups is 2. The first-order valence-corrected chi connectivity index (χ1v) is 14.7. The van der Waals surface area contributed by atoms with Gasteiger partial charge in [-0.25, -0.2) is 0 Å². The lowest BCUT2D eigenvalue weighted by atomic mass is 10.1. The minimum Gasteiger partial charge on any atom is -0.324 e. The van der Waals surface area contributed by atoms with Crippen molar-refractivity contribution < 1.29 is 0 Å². The summed E-state index contributed by atoms with van der Waals surface area (Å²) in [7, 11) is 0. The molecule has 0 unspecified atom stereocenters. The molecule has 5 aromatic rings. The maximum atomic E-state index is 5.32. The van der Waals surface area contributed by atoms with E-state index in [1.807, 2.05) is 0 Å². The number of hydrogen-bond donors (Lipinski definition) is 0. The molecule has 0 N–H and O–H groups in total. The van der Waals surface area contributed by atoms with Crippen LogP contribution in [0.4, 0.5) is 11.4 Å². The summed E-state index contributed by atoms with van der Waals surface area (Å²) >= 11 is 0. The molecule has 2 heterocycles. The van der Waals surface area contributed by atoms with E-state index in [0.717, 1.165) is 47.3 Å². The van der Waals surface area contributed by atoms with Crippen molar-refractivity contribution in [3.63, 3.8) is 0 Å². The number of anilines is 2. The van der Waals surface area contributed by atoms with Crippen LogP contribution in [0.5, 0.6) is 0 Å². The quantitative estimate of drug-likeness (QED) is 0.214. The summed E-state index contributed by atoms with van der Waals surface area (Å²) in [6.45, 7) is 5.87. The first kappa shape index (κ1) is 26.0. The zero-order valence-electron chi connectivity index (χ0n) is 24.1. The Kier molecular flexibility index (Phi) is 6.89. The van der Waals surface area contributed by atoms with Crippen molar-refractivity contribution in [1.29, 1.82) is 0 Å². The summed E-state index contributed by atoms with van der Waals surface area (Å²) < 4.78 is 0. The van der Waals surface area contributed by atoms with E-state index in [0.29, 0.717) is 0 Å². The molecule has 5 aromatic carbocycles. The lowest BCUT2D eigenvalue weighted by molar-refractivity contribution is 0.780. The first-order valence-electron chi connectivity index (χ1n) is 14.7. The van der Waals surface area contributed by atoms with Crippen molar-refractivity contribution in [3.05, 3.63) is 167 Å². The van der Waals surface area contributed by atoms with Gasteiger partial charge >= 0.3 is 0 Å². The van der Waals surface area contributed by atoms with Gasteiger partial charge in [-0.05, 0) is 55.3 Å². The fourth-order valence-corrected chi connectivity index (χ4v) is 5.91. The smallest absolute Gasteiger partial charge is 0.136 e. The standard InChI is InChI=1S/C38H34N4/c1-27-16-20-33(21-17-27)41-25-35(29-10-5-3-6-11-29)39-37(41)31-14-9-15-32(24-31)38-40-36(30-12-7-4-8-13-30)26-42(38)34-22-18-28(2)19-23-34/h3-24,35-36H,25-26H2,1-2H3/t35-,36-/m1/s1. The van der Waals surface area contributed by atoms with Crippen LogP contribution in [0.1, 0.15) is 45.5 Å². The summed E-state index contributed by atoms with van der Waals surface area (Å²) in [4.78, 5) is 15.3. The Bertz CT molecular complexity index is 1610. The molecule has 4 nitrogen and oxygen atoms in total. The Labute approximate surface area is 248 Å². The monoisotopic (exact) mass is 546 g/mol. The fourth-order valence-electron chi connectivity index (χ4n) is 5.91. The van der Waals surface area contributed by atoms with Crippen LogP contribution in [0.2, 0.25) is 0 Å². The predicted molar refractivity (Wildman–Crippen MR) is 175 cm³/mol. The third kappa shape index (κ3) is 5.12. The maximum Gasteiger partial charge on any atom is 0.136 e. The van der Waals surface area contributed by atoms with Crippen LogP contribution in [0.15, 0.2) is 143 Å². The van der Waals surface area contributed by atoms with E-state index in [4.69, 9.17) is 9.98 Å². The van der Waals surface area contributed by atoms with E-state index >= 15 is 0 Å². The normalized spacial score (nSPS) is 18.2. The minimum atomic E-state index is 0.0708. The molecule has 206 valence electrons. The van der Waals surface area contributed by atoms with Gasteiger partial charge in [0.05, 0.1) is 25.2 Å². The van der Waals surface area contributed by atoms with Crippen LogP contribution in [-0.4, -0.2) is 24.8 Å². The molecular weight excluding hydrogens is 512 g/mol. The van der Waals surface area contributed by atoms with Gasteiger partial charge in [-0.15, -0.1) is 0 Å². The molecule has 4 heteroatoms. The number of rotatable bonds is 6. The molecule has 2 aliphatic heterocycles. The largest absolute Gasteiger partial charge is 0.324 e. The molecule has 0 aliphatic carbocycles. The molecule has 2 atom stereocenters. The molecule has 0 saturated carbocycles. The lowest BCUT2D eigenvalue weighted by Crippen LogP contribution is -2.30. The van der Waals surface area contributed by atoms with Gasteiger partial charge < -0.3 is 9.80 Å². The Morgan fingerprint density at radius 3 is 1.29 bits per heavy atom. The van der Waals surface area contributed by atoms with Gasteiger partial charge in [0.25, 0.3) is 0 Å². The lowest BCUT2D eigenvalue weighted by Gasteiger charge is -2.24. The predicted octanol–water partition coefficient (Wildman–Crippen LogP) is 8.32. The first-order chi connectivity index (χ1) is 20.6. The Balaban J connectivity index is 1.30. The Hall–Kier alpha value is -4.96. The van der Waals surface area contributed by atoms with Crippen molar-refractivity contribution in [2.75, 3.05) is 22.9 Å². The topological polar surface area (TPSA) is 31.2 Å². The Morgan fingerprint density at radius 1 is 0.476 bits per heavy atom. The summed E-state index contributed by atoms with van der Waals surface area (Å²) in [5.41, 5.74) is 9.48. The summed E-state index contributed by atoms with van der Waals surface area (Å²) in [6.07, 6.45) is 0. The molecule has 0 amide bonds. The van der Waals surface area contributed by atoms with Crippen molar-refractivity contribution in [2.24, 2.45) is 9.98 Å². The van der Waals surface area contributed by atoms with Gasteiger partial charge in [0.15, 0.2) is 0 Å². The van der Waals surface area contributed by atoms with Gasteiger partial charge in [0.1, 0.15) is 11.7 Å². The molecule has 0 fully saturated rings. The van der Waals surface area contributed by atoms with E-state index < -0.39 is 0 Å². The van der Waals surface area contributed by atoms with E-state index in [1.165, 1.54) is 22.3 Å². The van der Waals surface area contributed by atoms with E-state index in [-0.39, 0.29) is 12.1 Å². The van der Waals surface area contributed by atoms with Gasteiger partial charge in [-0.2, -0.15) is 0 Å². The van der Waals surface area contributed by atoms with Crippen LogP contribution < -0.4 is 9.80 Å². The van der Waals surface area contributed by atoms with Gasteiger partial charge in [-0.3, -0.25) is 9.98 Å². The van der Waals surface area contributed by atoms with Gasteiger partial charge in [0.2, 0.25) is 0 Å². The fraction of sp³-hybridized carbons (Fsp3) is 0.158. The minimum absolute atomic E-state index is 0.0708. The zero-order valence-corrected chi connectivity index (χ0v) is 24.1. The summed E-state index contributed by atoms with van der Waals surface area (Å²) in [6, 6.07) is 47.6. The van der Waals surface area contributed by atoms with Crippen LogP contribution in [0.3, 0.4) is 0 Å². The van der Waals surface area contributed by atoms with E-state index in [9.17, 15) is 0 Å². The maximum absolute atomic E-state index is 5.32. The highest BCUT2D eigenvalue weighted by molar-refractivity contribution is 6.15. The van der Waals surface area contributed by atoms with Crippen molar-refractivity contribution in [2.45, 2.75) is 25.9 Å². The number of benzene rings is 5. The second-order valence-corrected chi connectivity index (χ2v) is 11.2. The number of aliphatic imine (C=N–C) groups is 2. The van der Waals surface area contributed by atoms with Crippen LogP contribution >= 0.6 is 0 Å². The van der Waals surface area contributed by atoms with Crippen LogP contribution in [0.25, 0.3) is 0 Å². The molecule has 42 heavy (non-hydrogen) atoms. The zero-order chi connectivity index (χ0) is 28.5. The highest BCUT2D eigenvalue weighted by atomic mass is 15.3. The molecule has 0 radical (unpaired) electrons. The summed E-state index contributed by atoms with van der Waals surface area (Å²) in [5, 5.41) is 0. The SMILES string of the molecule is Cc1ccc(N2C[C@H](c3ccccc3)N=C2c2cccc(C3=N[C@@H](c4ccccc4)CN3c3ccc(C)cc3)c2)cc1. The third-order valence-electron chi connectivity index (χ3n) is 8.22. The van der Waals surface area contributed by atoms with Crippen molar-refractivity contribution >= 4 is 23.0 Å². The molecule has 0 spiro atoms. The third-order valence-corrected chi connectivity index (χ3v) is 8.22. The van der Waals surface area contributed by atoms with Crippen molar-refractivity contribution in [1.82, 2.24) is 0 Å². The molecule has 2 aliphatic rings. The van der Waals surface area contributed by atoms with Crippen LogP contribution in [0, 0.1) is 13.8 Å². The highest BCUT2D eigenvalue weighted by Gasteiger charge is 2.31. The van der Waals surface area contributed by atoms with Crippen molar-refractivity contribution in [3.8, 4) is 0 Å². The van der Waals surface area contributed by atoms with E-state index in [2.05, 4.69) is 157 Å². The number of aryl methyl sites for hydroxylation is 2. The summed E-state index contributed by atoms with van der Waals surface area (Å²) in [5.74, 6) is 1.99. The molecule has 0 saturated heterocycles. The number of nitrogens with zero attached hydrogens (tertiary/aromatic N) is 4. The second-order valence-electron chi connectivity index (χ2n) is 11.2. The number of hydrogen-bond acceptors (Lipinski definition) is 4. The Morgan fingerprint density at radius 2 is 0.881 bits per heavy atom. The van der Waals surface area contributed by atoms with Gasteiger partial charge in [-0.1, -0.05) is 114 Å². The molecule has 0 aromatic heterocycles. The molecule has 7 rings (SSSR count). The van der Waals surface area contributed by atoms with E-state index in [1.54, 1.807) is 0 Å². The molecular formula is C38H34N4. The second kappa shape index (κ2) is 11.1. The van der Waals surface area contributed by atoms with Gasteiger partial charge in [0, 0.05) is 22.5 Å². The van der Waals surface area contributed by atoms with Crippen LogP contribution in [-0.2, 0) is 0 Å². The average molecular weight is 547 g/mol.